The van der Waals surface area contributed by atoms with Gasteiger partial charge in [0.2, 0.25) is 5.91 Å². The summed E-state index contributed by atoms with van der Waals surface area (Å²) in [5, 5.41) is 0.545. The highest BCUT2D eigenvalue weighted by atomic mass is 35.5. The second-order valence-electron chi connectivity index (χ2n) is 5.82. The monoisotopic (exact) mass is 399 g/mol. The Labute approximate surface area is 158 Å². The Balaban J connectivity index is 2.10. The number of nitrogens with zero attached hydrogens (tertiary/aromatic N) is 1. The predicted octanol–water partition coefficient (Wildman–Crippen LogP) is 4.13. The number of carbonyl (C=O) groups is 1. The average Bonchev–Trinajstić information content (AvgIpc) is 2.57. The molecule has 0 aliphatic heterocycles. The molecule has 0 aliphatic carbocycles. The van der Waals surface area contributed by atoms with Crippen molar-refractivity contribution in [3.8, 4) is 0 Å². The molecular formula is C18H19Cl2NO3S. The zero-order valence-corrected chi connectivity index (χ0v) is 16.3. The van der Waals surface area contributed by atoms with Crippen LogP contribution in [0.15, 0.2) is 48.5 Å². The molecule has 4 nitrogen and oxygen atoms in total. The standard InChI is InChI=1S/C18H19Cl2NO3S/c1-13(14-7-4-3-5-8-14)21(2)18(22)12-25(23,24)11-15-16(19)9-6-10-17(15)20/h3-10,13H,11-12H2,1-2H3. The molecular weight excluding hydrogens is 381 g/mol. The van der Waals surface area contributed by atoms with E-state index in [2.05, 4.69) is 0 Å². The molecule has 0 heterocycles. The highest BCUT2D eigenvalue weighted by molar-refractivity contribution is 7.91. The Bertz CT molecular complexity index is 834. The van der Waals surface area contributed by atoms with Crippen LogP contribution in [0.5, 0.6) is 0 Å². The molecule has 1 amide bonds. The summed E-state index contributed by atoms with van der Waals surface area (Å²) in [6.07, 6.45) is 0. The number of benzene rings is 2. The van der Waals surface area contributed by atoms with Crippen LogP contribution in [-0.2, 0) is 20.4 Å². The first-order valence-electron chi connectivity index (χ1n) is 7.65. The first-order valence-corrected chi connectivity index (χ1v) is 10.2. The third-order valence-electron chi connectivity index (χ3n) is 4.03. The third kappa shape index (κ3) is 5.21. The van der Waals surface area contributed by atoms with Crippen molar-refractivity contribution in [1.29, 1.82) is 0 Å². The number of halogens is 2. The van der Waals surface area contributed by atoms with Gasteiger partial charge in [-0.15, -0.1) is 0 Å². The fourth-order valence-corrected chi connectivity index (χ4v) is 4.52. The Morgan fingerprint density at radius 3 is 2.16 bits per heavy atom. The van der Waals surface area contributed by atoms with Gasteiger partial charge in [0.25, 0.3) is 0 Å². The number of sulfone groups is 1. The van der Waals surface area contributed by atoms with E-state index in [-0.39, 0.29) is 21.8 Å². The Morgan fingerprint density at radius 2 is 1.60 bits per heavy atom. The largest absolute Gasteiger partial charge is 0.338 e. The van der Waals surface area contributed by atoms with E-state index < -0.39 is 21.5 Å². The van der Waals surface area contributed by atoms with Gasteiger partial charge in [-0.25, -0.2) is 8.42 Å². The number of hydrogen-bond acceptors (Lipinski definition) is 3. The van der Waals surface area contributed by atoms with Crippen LogP contribution in [0.4, 0.5) is 0 Å². The number of carbonyl (C=O) groups excluding carboxylic acids is 1. The highest BCUT2D eigenvalue weighted by Gasteiger charge is 2.25. The van der Waals surface area contributed by atoms with Crippen LogP contribution >= 0.6 is 23.2 Å². The quantitative estimate of drug-likeness (QED) is 0.733. The van der Waals surface area contributed by atoms with Crippen molar-refractivity contribution < 1.29 is 13.2 Å². The summed E-state index contributed by atoms with van der Waals surface area (Å²) in [5.41, 5.74) is 1.25. The van der Waals surface area contributed by atoms with Crippen LogP contribution < -0.4 is 0 Å². The van der Waals surface area contributed by atoms with Gasteiger partial charge in [0.15, 0.2) is 9.84 Å². The minimum atomic E-state index is -3.70. The lowest BCUT2D eigenvalue weighted by molar-refractivity contribution is -0.129. The molecule has 7 heteroatoms. The van der Waals surface area contributed by atoms with Crippen LogP contribution in [0.3, 0.4) is 0 Å². The van der Waals surface area contributed by atoms with Crippen molar-refractivity contribution in [2.24, 2.45) is 0 Å². The second kappa shape index (κ2) is 8.21. The van der Waals surface area contributed by atoms with Gasteiger partial charge in [0.05, 0.1) is 11.8 Å². The van der Waals surface area contributed by atoms with Gasteiger partial charge >= 0.3 is 0 Å². The molecule has 0 saturated heterocycles. The molecule has 0 fully saturated rings. The van der Waals surface area contributed by atoms with Gasteiger partial charge < -0.3 is 4.90 Å². The minimum Gasteiger partial charge on any atom is -0.338 e. The fourth-order valence-electron chi connectivity index (χ4n) is 2.40. The van der Waals surface area contributed by atoms with Crippen molar-refractivity contribution in [1.82, 2.24) is 4.90 Å². The first-order chi connectivity index (χ1) is 11.7. The molecule has 0 aromatic heterocycles. The highest BCUT2D eigenvalue weighted by Crippen LogP contribution is 2.27. The van der Waals surface area contributed by atoms with Gasteiger partial charge in [-0.05, 0) is 24.6 Å². The molecule has 2 aromatic rings. The van der Waals surface area contributed by atoms with E-state index in [0.29, 0.717) is 5.56 Å². The average molecular weight is 400 g/mol. The van der Waals surface area contributed by atoms with E-state index in [4.69, 9.17) is 23.2 Å². The smallest absolute Gasteiger partial charge is 0.238 e. The van der Waals surface area contributed by atoms with Crippen LogP contribution in [-0.4, -0.2) is 32.0 Å². The Morgan fingerprint density at radius 1 is 1.04 bits per heavy atom. The van der Waals surface area contributed by atoms with E-state index in [1.807, 2.05) is 37.3 Å². The molecule has 0 spiro atoms. The van der Waals surface area contributed by atoms with Crippen LogP contribution in [0, 0.1) is 0 Å². The Hall–Kier alpha value is -1.56. The summed E-state index contributed by atoms with van der Waals surface area (Å²) in [6.45, 7) is 1.85. The van der Waals surface area contributed by atoms with Gasteiger partial charge in [-0.2, -0.15) is 0 Å². The third-order valence-corrected chi connectivity index (χ3v) is 6.15. The molecule has 0 radical (unpaired) electrons. The predicted molar refractivity (Wildman–Crippen MR) is 102 cm³/mol. The van der Waals surface area contributed by atoms with E-state index in [0.717, 1.165) is 5.56 Å². The number of hydrogen-bond donors (Lipinski definition) is 0. The van der Waals surface area contributed by atoms with Crippen molar-refractivity contribution >= 4 is 38.9 Å². The second-order valence-corrected chi connectivity index (χ2v) is 8.70. The van der Waals surface area contributed by atoms with Crippen molar-refractivity contribution in [3.05, 3.63) is 69.7 Å². The Kier molecular flexibility index (Phi) is 6.49. The lowest BCUT2D eigenvalue weighted by atomic mass is 10.1. The van der Waals surface area contributed by atoms with Crippen LogP contribution in [0.2, 0.25) is 10.0 Å². The summed E-state index contributed by atoms with van der Waals surface area (Å²) in [6, 6.07) is 14.0. The van der Waals surface area contributed by atoms with Crippen LogP contribution in [0.1, 0.15) is 24.1 Å². The molecule has 0 bridgehead atoms. The first kappa shape index (κ1) is 19.8. The van der Waals surface area contributed by atoms with Crippen LogP contribution in [0.25, 0.3) is 0 Å². The van der Waals surface area contributed by atoms with E-state index >= 15 is 0 Å². The lowest BCUT2D eigenvalue weighted by Gasteiger charge is -2.25. The number of amides is 1. The van der Waals surface area contributed by atoms with E-state index in [9.17, 15) is 13.2 Å². The van der Waals surface area contributed by atoms with Gasteiger partial charge in [-0.3, -0.25) is 4.79 Å². The molecule has 1 unspecified atom stereocenters. The molecule has 0 saturated carbocycles. The summed E-state index contributed by atoms with van der Waals surface area (Å²) >= 11 is 12.0. The van der Waals surface area contributed by atoms with Gasteiger partial charge in [0.1, 0.15) is 5.75 Å². The van der Waals surface area contributed by atoms with Crippen molar-refractivity contribution in [3.63, 3.8) is 0 Å². The molecule has 0 N–H and O–H groups in total. The molecule has 134 valence electrons. The van der Waals surface area contributed by atoms with E-state index in [1.54, 1.807) is 25.2 Å². The SMILES string of the molecule is CC(c1ccccc1)N(C)C(=O)CS(=O)(=O)Cc1c(Cl)cccc1Cl. The maximum Gasteiger partial charge on any atom is 0.238 e. The fraction of sp³-hybridized carbons (Fsp3) is 0.278. The molecule has 0 aliphatic rings. The molecule has 25 heavy (non-hydrogen) atoms. The van der Waals surface area contributed by atoms with Gasteiger partial charge in [0, 0.05) is 22.7 Å². The summed E-state index contributed by atoms with van der Waals surface area (Å²) in [7, 11) is -2.10. The van der Waals surface area contributed by atoms with Crippen molar-refractivity contribution in [2.45, 2.75) is 18.7 Å². The normalized spacial score (nSPS) is 12.6. The topological polar surface area (TPSA) is 54.5 Å². The molecule has 2 aromatic carbocycles. The van der Waals surface area contributed by atoms with E-state index in [1.165, 1.54) is 4.90 Å². The lowest BCUT2D eigenvalue weighted by Crippen LogP contribution is -2.35. The number of rotatable bonds is 6. The summed E-state index contributed by atoms with van der Waals surface area (Å²) in [4.78, 5) is 13.8. The minimum absolute atomic E-state index is 0.229. The summed E-state index contributed by atoms with van der Waals surface area (Å²) in [5.74, 6) is -1.44. The summed E-state index contributed by atoms with van der Waals surface area (Å²) < 4.78 is 24.8. The maximum absolute atomic E-state index is 12.4. The maximum atomic E-state index is 12.4. The zero-order chi connectivity index (χ0) is 18.6. The molecule has 2 rings (SSSR count). The zero-order valence-electron chi connectivity index (χ0n) is 13.9. The van der Waals surface area contributed by atoms with Crippen molar-refractivity contribution in [2.75, 3.05) is 12.8 Å². The molecule has 1 atom stereocenters. The van der Waals surface area contributed by atoms with Gasteiger partial charge in [-0.1, -0.05) is 59.6 Å².